The van der Waals surface area contributed by atoms with Crippen LogP contribution in [0, 0.1) is 0 Å². The fourth-order valence-electron chi connectivity index (χ4n) is 1.25. The second-order valence-electron chi connectivity index (χ2n) is 3.52. The lowest BCUT2D eigenvalue weighted by atomic mass is 10.2. The van der Waals surface area contributed by atoms with E-state index in [2.05, 4.69) is 10.6 Å². The van der Waals surface area contributed by atoms with Crippen LogP contribution < -0.4 is 10.6 Å². The first-order valence-corrected chi connectivity index (χ1v) is 5.95. The number of hydrogen-bond acceptors (Lipinski definition) is 2. The molecule has 0 aliphatic carbocycles. The van der Waals surface area contributed by atoms with Crippen LogP contribution in [0.3, 0.4) is 0 Å². The van der Waals surface area contributed by atoms with E-state index in [1.54, 1.807) is 13.0 Å². The molecule has 0 saturated heterocycles. The molecule has 1 aromatic carbocycles. The maximum absolute atomic E-state index is 11.6. The van der Waals surface area contributed by atoms with E-state index in [-0.39, 0.29) is 6.42 Å². The highest BCUT2D eigenvalue weighted by Gasteiger charge is 2.17. The Kier molecular flexibility index (Phi) is 5.25. The highest BCUT2D eigenvalue weighted by Crippen LogP contribution is 2.25. The summed E-state index contributed by atoms with van der Waals surface area (Å²) in [5.41, 5.74) is 0.321. The molecule has 98 valence electrons. The standard InChI is InChI=1S/C11H12Cl2N2O3/c1-2-8(10(16)17)14-11(18)15-9-5-6(12)3-4-7(9)13/h3-5,8H,2H2,1H3,(H,16,17)(H2,14,15,18). The molecule has 0 bridgehead atoms. The van der Waals surface area contributed by atoms with Crippen molar-refractivity contribution >= 4 is 40.9 Å². The molecule has 0 aromatic heterocycles. The van der Waals surface area contributed by atoms with Crippen molar-refractivity contribution in [2.45, 2.75) is 19.4 Å². The van der Waals surface area contributed by atoms with Gasteiger partial charge in [-0.1, -0.05) is 30.1 Å². The molecule has 0 fully saturated rings. The summed E-state index contributed by atoms with van der Waals surface area (Å²) in [6.45, 7) is 1.66. The summed E-state index contributed by atoms with van der Waals surface area (Å²) in [5, 5.41) is 14.3. The summed E-state index contributed by atoms with van der Waals surface area (Å²) in [7, 11) is 0. The number of carbonyl (C=O) groups excluding carboxylic acids is 1. The molecule has 2 amide bonds. The first-order valence-electron chi connectivity index (χ1n) is 5.19. The van der Waals surface area contributed by atoms with Gasteiger partial charge in [0.25, 0.3) is 0 Å². The topological polar surface area (TPSA) is 78.4 Å². The number of halogens is 2. The van der Waals surface area contributed by atoms with Crippen LogP contribution in [0.4, 0.5) is 10.5 Å². The number of benzene rings is 1. The van der Waals surface area contributed by atoms with Crippen molar-refractivity contribution in [3.05, 3.63) is 28.2 Å². The third-order valence-corrected chi connectivity index (χ3v) is 2.75. The van der Waals surface area contributed by atoms with E-state index in [0.29, 0.717) is 15.7 Å². The van der Waals surface area contributed by atoms with Gasteiger partial charge < -0.3 is 15.7 Å². The molecule has 1 rings (SSSR count). The fraction of sp³-hybridized carbons (Fsp3) is 0.273. The zero-order chi connectivity index (χ0) is 13.7. The van der Waals surface area contributed by atoms with Gasteiger partial charge in [-0.15, -0.1) is 0 Å². The Bertz CT molecular complexity index is 466. The number of carboxylic acids is 1. The molecule has 3 N–H and O–H groups in total. The molecular weight excluding hydrogens is 279 g/mol. The largest absolute Gasteiger partial charge is 0.480 e. The van der Waals surface area contributed by atoms with E-state index in [9.17, 15) is 9.59 Å². The van der Waals surface area contributed by atoms with Gasteiger partial charge in [0.05, 0.1) is 10.7 Å². The highest BCUT2D eigenvalue weighted by molar-refractivity contribution is 6.35. The molecule has 5 nitrogen and oxygen atoms in total. The molecule has 1 atom stereocenters. The number of rotatable bonds is 4. The Morgan fingerprint density at radius 1 is 1.39 bits per heavy atom. The number of aliphatic carboxylic acids is 1. The van der Waals surface area contributed by atoms with Crippen LogP contribution in [0.2, 0.25) is 10.0 Å². The first kappa shape index (κ1) is 14.6. The van der Waals surface area contributed by atoms with Crippen molar-refractivity contribution in [2.24, 2.45) is 0 Å². The molecule has 0 aliphatic heterocycles. The normalized spacial score (nSPS) is 11.7. The molecule has 0 radical (unpaired) electrons. The number of hydrogen-bond donors (Lipinski definition) is 3. The average Bonchev–Trinajstić information content (AvgIpc) is 2.30. The molecular formula is C11H12Cl2N2O3. The van der Waals surface area contributed by atoms with Crippen molar-refractivity contribution in [1.82, 2.24) is 5.32 Å². The minimum absolute atomic E-state index is 0.284. The second kappa shape index (κ2) is 6.47. The van der Waals surface area contributed by atoms with Gasteiger partial charge in [-0.25, -0.2) is 9.59 Å². The minimum Gasteiger partial charge on any atom is -0.480 e. The number of carboxylic acid groups (broad SMARTS) is 1. The number of anilines is 1. The summed E-state index contributed by atoms with van der Waals surface area (Å²) in [4.78, 5) is 22.3. The van der Waals surface area contributed by atoms with E-state index in [0.717, 1.165) is 0 Å². The lowest BCUT2D eigenvalue weighted by Crippen LogP contribution is -2.42. The van der Waals surface area contributed by atoms with Gasteiger partial charge in [0.1, 0.15) is 6.04 Å². The number of urea groups is 1. The maximum Gasteiger partial charge on any atom is 0.326 e. The van der Waals surface area contributed by atoms with Crippen molar-refractivity contribution in [3.8, 4) is 0 Å². The van der Waals surface area contributed by atoms with Crippen LogP contribution in [0.25, 0.3) is 0 Å². The van der Waals surface area contributed by atoms with Crippen molar-refractivity contribution in [3.63, 3.8) is 0 Å². The lowest BCUT2D eigenvalue weighted by molar-refractivity contribution is -0.139. The van der Waals surface area contributed by atoms with Gasteiger partial charge in [-0.05, 0) is 24.6 Å². The second-order valence-corrected chi connectivity index (χ2v) is 4.37. The Labute approximate surface area is 114 Å². The van der Waals surface area contributed by atoms with E-state index in [1.807, 2.05) is 0 Å². The highest BCUT2D eigenvalue weighted by atomic mass is 35.5. The third-order valence-electron chi connectivity index (χ3n) is 2.19. The average molecular weight is 291 g/mol. The Hall–Kier alpha value is -1.46. The van der Waals surface area contributed by atoms with Crippen LogP contribution in [-0.4, -0.2) is 23.1 Å². The number of nitrogens with one attached hydrogen (secondary N) is 2. The summed E-state index contributed by atoms with van der Waals surface area (Å²) in [5.74, 6) is -1.09. The molecule has 0 spiro atoms. The van der Waals surface area contributed by atoms with Crippen LogP contribution in [0.5, 0.6) is 0 Å². The molecule has 1 unspecified atom stereocenters. The van der Waals surface area contributed by atoms with Gasteiger partial charge in [0, 0.05) is 5.02 Å². The van der Waals surface area contributed by atoms with Crippen LogP contribution in [0.15, 0.2) is 18.2 Å². The molecule has 1 aromatic rings. The van der Waals surface area contributed by atoms with Gasteiger partial charge in [0.15, 0.2) is 0 Å². The monoisotopic (exact) mass is 290 g/mol. The predicted octanol–water partition coefficient (Wildman–Crippen LogP) is 2.98. The first-order chi connectivity index (χ1) is 8.43. The van der Waals surface area contributed by atoms with Crippen LogP contribution >= 0.6 is 23.2 Å². The predicted molar refractivity (Wildman–Crippen MR) is 70.3 cm³/mol. The van der Waals surface area contributed by atoms with Gasteiger partial charge in [-0.2, -0.15) is 0 Å². The van der Waals surface area contributed by atoms with Gasteiger partial charge in [0.2, 0.25) is 0 Å². The molecule has 7 heteroatoms. The Morgan fingerprint density at radius 3 is 2.61 bits per heavy atom. The number of amides is 2. The summed E-state index contributed by atoms with van der Waals surface area (Å²) < 4.78 is 0. The smallest absolute Gasteiger partial charge is 0.326 e. The molecule has 18 heavy (non-hydrogen) atoms. The summed E-state index contributed by atoms with van der Waals surface area (Å²) in [6.07, 6.45) is 0.284. The lowest BCUT2D eigenvalue weighted by Gasteiger charge is -2.13. The van der Waals surface area contributed by atoms with Crippen LogP contribution in [0.1, 0.15) is 13.3 Å². The molecule has 0 aliphatic rings. The molecule has 0 saturated carbocycles. The zero-order valence-electron chi connectivity index (χ0n) is 9.54. The fourth-order valence-corrected chi connectivity index (χ4v) is 1.59. The summed E-state index contributed by atoms with van der Waals surface area (Å²) >= 11 is 11.6. The number of carbonyl (C=O) groups is 2. The van der Waals surface area contributed by atoms with E-state index in [4.69, 9.17) is 28.3 Å². The van der Waals surface area contributed by atoms with Gasteiger partial charge >= 0.3 is 12.0 Å². The van der Waals surface area contributed by atoms with Crippen LogP contribution in [-0.2, 0) is 4.79 Å². The Morgan fingerprint density at radius 2 is 2.06 bits per heavy atom. The van der Waals surface area contributed by atoms with E-state index in [1.165, 1.54) is 12.1 Å². The van der Waals surface area contributed by atoms with E-state index >= 15 is 0 Å². The van der Waals surface area contributed by atoms with Crippen molar-refractivity contribution < 1.29 is 14.7 Å². The maximum atomic E-state index is 11.6. The van der Waals surface area contributed by atoms with E-state index < -0.39 is 18.0 Å². The van der Waals surface area contributed by atoms with Crippen molar-refractivity contribution in [1.29, 1.82) is 0 Å². The Balaban J connectivity index is 2.70. The summed E-state index contributed by atoms with van der Waals surface area (Å²) in [6, 6.07) is 3.01. The zero-order valence-corrected chi connectivity index (χ0v) is 11.0. The quantitative estimate of drug-likeness (QED) is 0.798. The van der Waals surface area contributed by atoms with Gasteiger partial charge in [-0.3, -0.25) is 0 Å². The van der Waals surface area contributed by atoms with Crippen molar-refractivity contribution in [2.75, 3.05) is 5.32 Å². The molecule has 0 heterocycles. The minimum atomic E-state index is -1.09. The third kappa shape index (κ3) is 4.09. The SMILES string of the molecule is CCC(NC(=O)Nc1cc(Cl)ccc1Cl)C(=O)O.